The van der Waals surface area contributed by atoms with Gasteiger partial charge in [0.15, 0.2) is 0 Å². The number of amides is 2. The lowest BCUT2D eigenvalue weighted by molar-refractivity contribution is -0.385. The fraction of sp³-hybridized carbons (Fsp3) is 0.360. The first-order valence-electron chi connectivity index (χ1n) is 11.7. The van der Waals surface area contributed by atoms with Crippen molar-refractivity contribution in [2.45, 2.75) is 58.0 Å². The third-order valence-electron chi connectivity index (χ3n) is 6.38. The molecule has 11 heteroatoms. The number of rotatable bonds is 7. The van der Waals surface area contributed by atoms with Crippen LogP contribution in [0.1, 0.15) is 64.6 Å². The Morgan fingerprint density at radius 1 is 1.17 bits per heavy atom. The van der Waals surface area contributed by atoms with Crippen LogP contribution in [0.15, 0.2) is 42.5 Å². The summed E-state index contributed by atoms with van der Waals surface area (Å²) in [5.41, 5.74) is 0.510. The van der Waals surface area contributed by atoms with Crippen LogP contribution in [0, 0.1) is 29.8 Å². The van der Waals surface area contributed by atoms with Gasteiger partial charge in [-0.2, -0.15) is 0 Å². The van der Waals surface area contributed by atoms with Gasteiger partial charge in [0.05, 0.1) is 16.2 Å². The van der Waals surface area contributed by atoms with Crippen LogP contribution in [0.2, 0.25) is 0 Å². The molecule has 0 saturated heterocycles. The molecule has 3 aromatic rings. The number of halogens is 1. The molecule has 188 valence electrons. The number of para-hydroxylation sites is 1. The number of nitro benzene ring substituents is 1. The molecule has 1 unspecified atom stereocenters. The highest BCUT2D eigenvalue weighted by atomic mass is 32.1. The maximum Gasteiger partial charge on any atom is 0.275 e. The topological polar surface area (TPSA) is 118 Å². The minimum atomic E-state index is -1.43. The van der Waals surface area contributed by atoms with Gasteiger partial charge in [-0.25, -0.2) is 4.39 Å². The molecule has 1 heterocycles. The van der Waals surface area contributed by atoms with Crippen LogP contribution in [0.25, 0.3) is 0 Å². The van der Waals surface area contributed by atoms with E-state index in [-0.39, 0.29) is 27.9 Å². The van der Waals surface area contributed by atoms with E-state index in [9.17, 15) is 24.1 Å². The van der Waals surface area contributed by atoms with Gasteiger partial charge in [0.1, 0.15) is 16.7 Å². The Morgan fingerprint density at radius 2 is 1.89 bits per heavy atom. The first-order valence-corrected chi connectivity index (χ1v) is 12.5. The molecule has 9 nitrogen and oxygen atoms in total. The van der Waals surface area contributed by atoms with Crippen molar-refractivity contribution in [1.29, 1.82) is 0 Å². The minimum Gasteiger partial charge on any atom is -0.351 e. The lowest BCUT2D eigenvalue weighted by Gasteiger charge is -2.33. The van der Waals surface area contributed by atoms with Gasteiger partial charge in [-0.3, -0.25) is 24.6 Å². The zero-order chi connectivity index (χ0) is 25.8. The summed E-state index contributed by atoms with van der Waals surface area (Å²) >= 11 is 0.847. The van der Waals surface area contributed by atoms with E-state index in [1.165, 1.54) is 30.3 Å². The molecule has 0 radical (unpaired) electrons. The van der Waals surface area contributed by atoms with Gasteiger partial charge in [0, 0.05) is 17.8 Å². The van der Waals surface area contributed by atoms with Crippen molar-refractivity contribution < 1.29 is 18.9 Å². The Bertz CT molecular complexity index is 1290. The van der Waals surface area contributed by atoms with Crippen LogP contribution in [-0.2, 0) is 4.79 Å². The first kappa shape index (κ1) is 25.4. The number of aryl methyl sites for hydroxylation is 2. The van der Waals surface area contributed by atoms with Gasteiger partial charge in [0.25, 0.3) is 11.6 Å². The highest BCUT2D eigenvalue weighted by molar-refractivity contribution is 7.08. The Balaban J connectivity index is 1.90. The summed E-state index contributed by atoms with van der Waals surface area (Å²) in [6.07, 6.45) is 4.54. The smallest absolute Gasteiger partial charge is 0.275 e. The molecule has 1 saturated carbocycles. The van der Waals surface area contributed by atoms with Crippen LogP contribution >= 0.6 is 11.5 Å². The second-order valence-electron chi connectivity index (χ2n) is 8.86. The standard InChI is InChI=1S/C25H26FN5O4S/c1-15-12-13-18(14-20(15)26)30(25(33)23-16(2)28-29-36-23)22(19-10-6-7-11-21(19)31(34)35)24(32)27-17-8-4-3-5-9-17/h6-7,10-14,17,22H,3-5,8-9H2,1-2H3,(H,27,32). The van der Waals surface area contributed by atoms with Gasteiger partial charge in [-0.05, 0) is 62.0 Å². The number of carbonyl (C=O) groups is 2. The molecule has 1 aliphatic carbocycles. The van der Waals surface area contributed by atoms with E-state index in [2.05, 4.69) is 14.9 Å². The van der Waals surface area contributed by atoms with E-state index in [1.54, 1.807) is 19.9 Å². The van der Waals surface area contributed by atoms with Crippen molar-refractivity contribution in [3.8, 4) is 0 Å². The summed E-state index contributed by atoms with van der Waals surface area (Å²) in [5, 5.41) is 18.8. The summed E-state index contributed by atoms with van der Waals surface area (Å²) in [5.74, 6) is -1.79. The summed E-state index contributed by atoms with van der Waals surface area (Å²) in [6, 6.07) is 8.44. The molecule has 36 heavy (non-hydrogen) atoms. The van der Waals surface area contributed by atoms with Gasteiger partial charge >= 0.3 is 0 Å². The third-order valence-corrected chi connectivity index (χ3v) is 7.20. The molecule has 0 aliphatic heterocycles. The summed E-state index contributed by atoms with van der Waals surface area (Å²) in [4.78, 5) is 40.4. The largest absolute Gasteiger partial charge is 0.351 e. The summed E-state index contributed by atoms with van der Waals surface area (Å²) in [6.45, 7) is 3.19. The highest BCUT2D eigenvalue weighted by Crippen LogP contribution is 2.36. The predicted molar refractivity (Wildman–Crippen MR) is 133 cm³/mol. The first-order chi connectivity index (χ1) is 17.3. The SMILES string of the molecule is Cc1ccc(N(C(=O)c2snnc2C)C(C(=O)NC2CCCCC2)c2ccccc2[N+](=O)[O-])cc1F. The Kier molecular flexibility index (Phi) is 7.68. The van der Waals surface area contributed by atoms with Crippen LogP contribution in [-0.4, -0.2) is 32.4 Å². The predicted octanol–water partition coefficient (Wildman–Crippen LogP) is 5.04. The zero-order valence-electron chi connectivity index (χ0n) is 19.9. The van der Waals surface area contributed by atoms with Crippen molar-refractivity contribution in [2.75, 3.05) is 4.90 Å². The number of aromatic nitrogens is 2. The van der Waals surface area contributed by atoms with Crippen molar-refractivity contribution in [3.05, 3.63) is 80.1 Å². The molecule has 1 atom stereocenters. The molecule has 1 aromatic heterocycles. The molecule has 1 fully saturated rings. The lowest BCUT2D eigenvalue weighted by atomic mass is 9.94. The zero-order valence-corrected chi connectivity index (χ0v) is 20.8. The van der Waals surface area contributed by atoms with E-state index < -0.39 is 28.6 Å². The van der Waals surface area contributed by atoms with Gasteiger partial charge in [-0.15, -0.1) is 5.10 Å². The summed E-state index contributed by atoms with van der Waals surface area (Å²) < 4.78 is 18.5. The van der Waals surface area contributed by atoms with E-state index in [0.717, 1.165) is 54.6 Å². The Hall–Kier alpha value is -3.73. The number of nitrogens with zero attached hydrogens (tertiary/aromatic N) is 4. The molecule has 1 N–H and O–H groups in total. The van der Waals surface area contributed by atoms with Crippen molar-refractivity contribution in [1.82, 2.24) is 14.9 Å². The van der Waals surface area contributed by atoms with E-state index in [0.29, 0.717) is 11.3 Å². The van der Waals surface area contributed by atoms with Crippen molar-refractivity contribution in [3.63, 3.8) is 0 Å². The molecular formula is C25H26FN5O4S. The molecule has 0 bridgehead atoms. The van der Waals surface area contributed by atoms with E-state index in [1.807, 2.05) is 0 Å². The molecule has 2 aromatic carbocycles. The molecular weight excluding hydrogens is 485 g/mol. The average molecular weight is 512 g/mol. The number of anilines is 1. The summed E-state index contributed by atoms with van der Waals surface area (Å²) in [7, 11) is 0. The monoisotopic (exact) mass is 511 g/mol. The maximum atomic E-state index is 14.7. The minimum absolute atomic E-state index is 0.0280. The number of hydrogen-bond donors (Lipinski definition) is 1. The quantitative estimate of drug-likeness (QED) is 0.351. The fourth-order valence-electron chi connectivity index (χ4n) is 4.46. The number of nitrogens with one attached hydrogen (secondary N) is 1. The maximum absolute atomic E-state index is 14.7. The normalized spacial score (nSPS) is 14.8. The average Bonchev–Trinajstić information content (AvgIpc) is 3.30. The number of benzene rings is 2. The number of carbonyl (C=O) groups excluding carboxylic acids is 2. The number of hydrogen-bond acceptors (Lipinski definition) is 7. The van der Waals surface area contributed by atoms with Crippen molar-refractivity contribution >= 4 is 34.7 Å². The lowest BCUT2D eigenvalue weighted by Crippen LogP contribution is -2.47. The Labute approximate surface area is 211 Å². The third kappa shape index (κ3) is 5.25. The van der Waals surface area contributed by atoms with Crippen LogP contribution in [0.3, 0.4) is 0 Å². The molecule has 1 aliphatic rings. The van der Waals surface area contributed by atoms with Crippen LogP contribution in [0.5, 0.6) is 0 Å². The molecule has 2 amide bonds. The van der Waals surface area contributed by atoms with Crippen LogP contribution < -0.4 is 10.2 Å². The van der Waals surface area contributed by atoms with E-state index in [4.69, 9.17) is 0 Å². The van der Waals surface area contributed by atoms with Gasteiger partial charge in [-0.1, -0.05) is 41.9 Å². The van der Waals surface area contributed by atoms with Gasteiger partial charge in [0.2, 0.25) is 5.91 Å². The van der Waals surface area contributed by atoms with Crippen LogP contribution in [0.4, 0.5) is 15.8 Å². The second-order valence-corrected chi connectivity index (χ2v) is 9.61. The van der Waals surface area contributed by atoms with Gasteiger partial charge < -0.3 is 5.32 Å². The fourth-order valence-corrected chi connectivity index (χ4v) is 5.06. The second kappa shape index (κ2) is 10.9. The highest BCUT2D eigenvalue weighted by Gasteiger charge is 2.39. The van der Waals surface area contributed by atoms with E-state index >= 15 is 0 Å². The number of nitro groups is 1. The molecule has 4 rings (SSSR count). The molecule has 0 spiro atoms. The Morgan fingerprint density at radius 3 is 2.53 bits per heavy atom. The van der Waals surface area contributed by atoms with Crippen molar-refractivity contribution in [2.24, 2.45) is 0 Å².